The van der Waals surface area contributed by atoms with E-state index in [2.05, 4.69) is 25.7 Å². The summed E-state index contributed by atoms with van der Waals surface area (Å²) >= 11 is 5.65. The lowest BCUT2D eigenvalue weighted by molar-refractivity contribution is 0.502. The molecule has 78 valence electrons. The summed E-state index contributed by atoms with van der Waals surface area (Å²) in [7, 11) is 0. The molecule has 0 aromatic rings. The first-order valence-corrected chi connectivity index (χ1v) is 5.61. The third kappa shape index (κ3) is 9.91. The Kier molecular flexibility index (Phi) is 8.58. The van der Waals surface area contributed by atoms with Gasteiger partial charge in [-0.2, -0.15) is 0 Å². The summed E-state index contributed by atoms with van der Waals surface area (Å²) in [5.41, 5.74) is 0. The molecular weight excluding hydrogens is 182 g/mol. The molecule has 1 nitrogen and oxygen atoms in total. The molecule has 0 heterocycles. The van der Waals surface area contributed by atoms with E-state index in [0.29, 0.717) is 11.1 Å². The molecule has 13 heavy (non-hydrogen) atoms. The van der Waals surface area contributed by atoms with E-state index in [-0.39, 0.29) is 0 Å². The second-order valence-corrected chi connectivity index (χ2v) is 4.18. The van der Waals surface area contributed by atoms with Crippen molar-refractivity contribution in [1.29, 1.82) is 0 Å². The van der Waals surface area contributed by atoms with Crippen LogP contribution in [0, 0.1) is 0 Å². The van der Waals surface area contributed by atoms with Gasteiger partial charge in [0.05, 0.1) is 0 Å². The van der Waals surface area contributed by atoms with E-state index < -0.39 is 0 Å². The van der Waals surface area contributed by atoms with Crippen molar-refractivity contribution in [3.05, 3.63) is 11.6 Å². The highest BCUT2D eigenvalue weighted by atomic mass is 35.5. The van der Waals surface area contributed by atoms with E-state index in [4.69, 9.17) is 11.6 Å². The molecule has 1 unspecified atom stereocenters. The molecule has 0 spiro atoms. The third-order valence-electron chi connectivity index (χ3n) is 2.13. The molecule has 0 amide bonds. The van der Waals surface area contributed by atoms with Crippen molar-refractivity contribution >= 4 is 11.6 Å². The van der Waals surface area contributed by atoms with E-state index in [0.717, 1.165) is 6.54 Å². The molecular formula is C11H22ClN. The van der Waals surface area contributed by atoms with Crippen LogP contribution in [0.15, 0.2) is 11.6 Å². The zero-order valence-electron chi connectivity index (χ0n) is 8.91. The van der Waals surface area contributed by atoms with E-state index >= 15 is 0 Å². The summed E-state index contributed by atoms with van der Waals surface area (Å²) in [5.74, 6) is 0. The van der Waals surface area contributed by atoms with Gasteiger partial charge >= 0.3 is 0 Å². The molecule has 0 saturated heterocycles. The first-order chi connectivity index (χ1) is 6.16. The van der Waals surface area contributed by atoms with Crippen LogP contribution in [0.3, 0.4) is 0 Å². The van der Waals surface area contributed by atoms with Crippen molar-refractivity contribution in [3.8, 4) is 0 Å². The summed E-state index contributed by atoms with van der Waals surface area (Å²) < 4.78 is 0. The van der Waals surface area contributed by atoms with E-state index in [1.165, 1.54) is 32.1 Å². The van der Waals surface area contributed by atoms with E-state index in [9.17, 15) is 0 Å². The van der Waals surface area contributed by atoms with Gasteiger partial charge in [-0.15, -0.1) is 0 Å². The minimum atomic E-state index is 0.562. The summed E-state index contributed by atoms with van der Waals surface area (Å²) in [4.78, 5) is 0. The molecule has 0 rings (SSSR count). The lowest BCUT2D eigenvalue weighted by Gasteiger charge is -2.12. The minimum absolute atomic E-state index is 0.562. The Balaban J connectivity index is 3.19. The third-order valence-corrected chi connectivity index (χ3v) is 2.27. The van der Waals surface area contributed by atoms with Gasteiger partial charge in [0.1, 0.15) is 0 Å². The van der Waals surface area contributed by atoms with E-state index in [1.54, 1.807) is 0 Å². The zero-order chi connectivity index (χ0) is 10.1. The molecule has 0 aromatic heterocycles. The highest BCUT2D eigenvalue weighted by Crippen LogP contribution is 2.05. The zero-order valence-corrected chi connectivity index (χ0v) is 9.66. The standard InChI is InChI=1S/C11H22ClN/c1-4-5-6-7-8-11(3)13-9-10(2)12/h11,13H,2,4-9H2,1,3H3. The summed E-state index contributed by atoms with van der Waals surface area (Å²) in [6.45, 7) is 8.81. The topological polar surface area (TPSA) is 12.0 Å². The smallest absolute Gasteiger partial charge is 0.0309 e. The van der Waals surface area contributed by atoms with Crippen LogP contribution in [0.1, 0.15) is 46.0 Å². The number of halogens is 1. The predicted octanol–water partition coefficient (Wildman–Crippen LogP) is 3.69. The molecule has 0 aromatic carbocycles. The van der Waals surface area contributed by atoms with Gasteiger partial charge < -0.3 is 5.32 Å². The molecule has 0 aliphatic heterocycles. The van der Waals surface area contributed by atoms with Crippen LogP contribution in [-0.2, 0) is 0 Å². The molecule has 0 aliphatic rings. The van der Waals surface area contributed by atoms with Crippen LogP contribution in [0.2, 0.25) is 0 Å². The van der Waals surface area contributed by atoms with Crippen LogP contribution in [0.25, 0.3) is 0 Å². The molecule has 0 saturated carbocycles. The van der Waals surface area contributed by atoms with Crippen LogP contribution in [0.5, 0.6) is 0 Å². The first-order valence-electron chi connectivity index (χ1n) is 5.23. The average molecular weight is 204 g/mol. The van der Waals surface area contributed by atoms with Crippen molar-refractivity contribution in [3.63, 3.8) is 0 Å². The quantitative estimate of drug-likeness (QED) is 0.594. The predicted molar refractivity (Wildman–Crippen MR) is 61.2 cm³/mol. The first kappa shape index (κ1) is 13.0. The van der Waals surface area contributed by atoms with Gasteiger partial charge in [-0.3, -0.25) is 0 Å². The lowest BCUT2D eigenvalue weighted by atomic mass is 10.1. The monoisotopic (exact) mass is 203 g/mol. The Morgan fingerprint density at radius 3 is 2.62 bits per heavy atom. The van der Waals surface area contributed by atoms with Gasteiger partial charge in [-0.05, 0) is 13.3 Å². The maximum absolute atomic E-state index is 5.65. The molecule has 1 N–H and O–H groups in total. The molecule has 0 fully saturated rings. The van der Waals surface area contributed by atoms with Crippen LogP contribution in [0.4, 0.5) is 0 Å². The maximum Gasteiger partial charge on any atom is 0.0309 e. The largest absolute Gasteiger partial charge is 0.309 e. The molecule has 1 atom stereocenters. The summed E-state index contributed by atoms with van der Waals surface area (Å²) in [5, 5.41) is 4.02. The van der Waals surface area contributed by atoms with Crippen molar-refractivity contribution in [1.82, 2.24) is 5.32 Å². The van der Waals surface area contributed by atoms with Gasteiger partial charge in [0.2, 0.25) is 0 Å². The van der Waals surface area contributed by atoms with Gasteiger partial charge in [-0.1, -0.05) is 50.8 Å². The Labute approximate surface area is 87.6 Å². The van der Waals surface area contributed by atoms with Crippen molar-refractivity contribution < 1.29 is 0 Å². The Bertz CT molecular complexity index is 134. The van der Waals surface area contributed by atoms with Gasteiger partial charge in [0.15, 0.2) is 0 Å². The fourth-order valence-corrected chi connectivity index (χ4v) is 1.34. The number of rotatable bonds is 8. The number of nitrogens with one attached hydrogen (secondary N) is 1. The number of unbranched alkanes of at least 4 members (excludes halogenated alkanes) is 3. The number of hydrogen-bond donors (Lipinski definition) is 1. The second-order valence-electron chi connectivity index (χ2n) is 3.65. The fourth-order valence-electron chi connectivity index (χ4n) is 1.26. The fraction of sp³-hybridized carbons (Fsp3) is 0.818. The molecule has 0 aliphatic carbocycles. The van der Waals surface area contributed by atoms with Gasteiger partial charge in [0, 0.05) is 17.6 Å². The Morgan fingerprint density at radius 2 is 2.08 bits per heavy atom. The lowest BCUT2D eigenvalue weighted by Crippen LogP contribution is -2.26. The average Bonchev–Trinajstić information content (AvgIpc) is 2.09. The van der Waals surface area contributed by atoms with Crippen molar-refractivity contribution in [2.24, 2.45) is 0 Å². The second kappa shape index (κ2) is 8.58. The highest BCUT2D eigenvalue weighted by Gasteiger charge is 2.00. The molecule has 0 bridgehead atoms. The van der Waals surface area contributed by atoms with Gasteiger partial charge in [-0.25, -0.2) is 0 Å². The van der Waals surface area contributed by atoms with Crippen molar-refractivity contribution in [2.45, 2.75) is 52.0 Å². The summed E-state index contributed by atoms with van der Waals surface area (Å²) in [6, 6.07) is 0.562. The van der Waals surface area contributed by atoms with Crippen molar-refractivity contribution in [2.75, 3.05) is 6.54 Å². The molecule has 0 radical (unpaired) electrons. The summed E-state index contributed by atoms with van der Waals surface area (Å²) in [6.07, 6.45) is 6.57. The normalized spacial score (nSPS) is 12.8. The SMILES string of the molecule is C=C(Cl)CNC(C)CCCCCC. The van der Waals surface area contributed by atoms with Gasteiger partial charge in [0.25, 0.3) is 0 Å². The Morgan fingerprint density at radius 1 is 1.38 bits per heavy atom. The molecule has 2 heteroatoms. The highest BCUT2D eigenvalue weighted by molar-refractivity contribution is 6.29. The van der Waals surface area contributed by atoms with Crippen LogP contribution in [-0.4, -0.2) is 12.6 Å². The van der Waals surface area contributed by atoms with Crippen LogP contribution < -0.4 is 5.32 Å². The van der Waals surface area contributed by atoms with E-state index in [1.807, 2.05) is 0 Å². The maximum atomic E-state index is 5.65. The Hall–Kier alpha value is -0.0100. The number of hydrogen-bond acceptors (Lipinski definition) is 1. The minimum Gasteiger partial charge on any atom is -0.309 e. The van der Waals surface area contributed by atoms with Crippen LogP contribution >= 0.6 is 11.6 Å².